The highest BCUT2D eigenvalue weighted by Crippen LogP contribution is 2.36. The van der Waals surface area contributed by atoms with E-state index in [1.165, 1.54) is 18.2 Å². The van der Waals surface area contributed by atoms with E-state index in [1.807, 2.05) is 0 Å². The van der Waals surface area contributed by atoms with Crippen LogP contribution in [0, 0.1) is 5.41 Å². The molecule has 0 spiro atoms. The third kappa shape index (κ3) is 2.81. The van der Waals surface area contributed by atoms with Gasteiger partial charge in [0.2, 0.25) is 0 Å². The van der Waals surface area contributed by atoms with Crippen molar-refractivity contribution in [3.05, 3.63) is 23.8 Å². The van der Waals surface area contributed by atoms with Crippen LogP contribution in [0.1, 0.15) is 36.0 Å². The molecule has 1 aliphatic rings. The Labute approximate surface area is 112 Å². The number of phenols is 2. The topological polar surface area (TPSA) is 95.6 Å². The summed E-state index contributed by atoms with van der Waals surface area (Å²) in [6.45, 7) is 1.02. The molecule has 1 fully saturated rings. The number of carbonyl (C=O) groups excluding carboxylic acids is 1. The van der Waals surface area contributed by atoms with Gasteiger partial charge in [-0.05, 0) is 36.9 Å². The zero-order valence-electron chi connectivity index (χ0n) is 10.9. The van der Waals surface area contributed by atoms with Gasteiger partial charge in [0.1, 0.15) is 17.1 Å². The van der Waals surface area contributed by atoms with E-state index < -0.39 is 5.91 Å². The lowest BCUT2D eigenvalue weighted by atomic mass is 9.86. The van der Waals surface area contributed by atoms with Gasteiger partial charge in [-0.25, -0.2) is 0 Å². The third-order valence-electron chi connectivity index (χ3n) is 3.97. The van der Waals surface area contributed by atoms with Crippen LogP contribution in [0.3, 0.4) is 0 Å². The zero-order chi connectivity index (χ0) is 13.9. The van der Waals surface area contributed by atoms with Crippen molar-refractivity contribution in [1.82, 2.24) is 5.32 Å². The molecule has 5 nitrogen and oxygen atoms in total. The Morgan fingerprint density at radius 1 is 1.26 bits per heavy atom. The quantitative estimate of drug-likeness (QED) is 0.660. The number of nitrogens with two attached hydrogens (primary N) is 1. The number of aromatic hydroxyl groups is 2. The van der Waals surface area contributed by atoms with Crippen molar-refractivity contribution in [2.45, 2.75) is 25.7 Å². The van der Waals surface area contributed by atoms with Crippen LogP contribution in [0.4, 0.5) is 0 Å². The molecule has 0 atom stereocenters. The smallest absolute Gasteiger partial charge is 0.258 e. The van der Waals surface area contributed by atoms with E-state index in [1.54, 1.807) is 0 Å². The highest BCUT2D eigenvalue weighted by Gasteiger charge is 2.33. The molecule has 0 aliphatic heterocycles. The van der Waals surface area contributed by atoms with Gasteiger partial charge >= 0.3 is 0 Å². The maximum atomic E-state index is 12.0. The van der Waals surface area contributed by atoms with Crippen molar-refractivity contribution in [3.63, 3.8) is 0 Å². The molecule has 1 aliphatic carbocycles. The molecule has 5 N–H and O–H groups in total. The molecular weight excluding hydrogens is 244 g/mol. The van der Waals surface area contributed by atoms with Gasteiger partial charge in [-0.15, -0.1) is 0 Å². The Kier molecular flexibility index (Phi) is 3.95. The van der Waals surface area contributed by atoms with Gasteiger partial charge in [0.25, 0.3) is 5.91 Å². The van der Waals surface area contributed by atoms with Crippen molar-refractivity contribution >= 4 is 5.91 Å². The molecule has 1 amide bonds. The Balaban J connectivity index is 2.05. The fourth-order valence-corrected chi connectivity index (χ4v) is 2.70. The molecule has 19 heavy (non-hydrogen) atoms. The molecule has 1 aromatic rings. The zero-order valence-corrected chi connectivity index (χ0v) is 10.9. The summed E-state index contributed by atoms with van der Waals surface area (Å²) in [5.41, 5.74) is 5.70. The summed E-state index contributed by atoms with van der Waals surface area (Å²) < 4.78 is 0. The lowest BCUT2D eigenvalue weighted by Gasteiger charge is -2.27. The number of nitrogens with one attached hydrogen (secondary N) is 1. The van der Waals surface area contributed by atoms with Crippen molar-refractivity contribution in [3.8, 4) is 11.5 Å². The Bertz CT molecular complexity index is 448. The monoisotopic (exact) mass is 264 g/mol. The van der Waals surface area contributed by atoms with Crippen LogP contribution in [0.5, 0.6) is 11.5 Å². The largest absolute Gasteiger partial charge is 0.507 e. The van der Waals surface area contributed by atoms with Crippen LogP contribution in [-0.4, -0.2) is 29.2 Å². The van der Waals surface area contributed by atoms with E-state index >= 15 is 0 Å². The van der Waals surface area contributed by atoms with Gasteiger partial charge < -0.3 is 21.3 Å². The highest BCUT2D eigenvalue weighted by molar-refractivity contribution is 5.99. The van der Waals surface area contributed by atoms with Crippen LogP contribution in [0.25, 0.3) is 0 Å². The summed E-state index contributed by atoms with van der Waals surface area (Å²) in [5.74, 6) is -0.897. The number of hydrogen-bond donors (Lipinski definition) is 4. The lowest BCUT2D eigenvalue weighted by Crippen LogP contribution is -2.40. The first-order valence-corrected chi connectivity index (χ1v) is 6.57. The SMILES string of the molecule is NCC1(CNC(=O)c2c(O)cccc2O)CCCC1. The molecule has 0 aromatic heterocycles. The van der Waals surface area contributed by atoms with Gasteiger partial charge in [-0.2, -0.15) is 0 Å². The molecular formula is C14H20N2O3. The summed E-state index contributed by atoms with van der Waals surface area (Å²) in [5, 5.41) is 22.0. The van der Waals surface area contributed by atoms with Gasteiger partial charge in [0, 0.05) is 6.54 Å². The van der Waals surface area contributed by atoms with Crippen LogP contribution in [0.15, 0.2) is 18.2 Å². The molecule has 5 heteroatoms. The van der Waals surface area contributed by atoms with Crippen molar-refractivity contribution in [2.24, 2.45) is 11.1 Å². The molecule has 104 valence electrons. The number of carbonyl (C=O) groups is 1. The molecule has 0 heterocycles. The lowest BCUT2D eigenvalue weighted by molar-refractivity contribution is 0.0926. The van der Waals surface area contributed by atoms with Gasteiger partial charge in [0.15, 0.2) is 0 Å². The predicted molar refractivity (Wildman–Crippen MR) is 72.1 cm³/mol. The standard InChI is InChI=1S/C14H20N2O3/c15-8-14(6-1-2-7-14)9-16-13(19)12-10(17)4-3-5-11(12)18/h3-5,17-18H,1-2,6-9,15H2,(H,16,19). The minimum Gasteiger partial charge on any atom is -0.507 e. The Morgan fingerprint density at radius 2 is 1.84 bits per heavy atom. The first kappa shape index (κ1) is 13.7. The molecule has 1 saturated carbocycles. The Morgan fingerprint density at radius 3 is 2.37 bits per heavy atom. The van der Waals surface area contributed by atoms with Crippen LogP contribution in [-0.2, 0) is 0 Å². The van der Waals surface area contributed by atoms with Gasteiger partial charge in [0.05, 0.1) is 0 Å². The highest BCUT2D eigenvalue weighted by atomic mass is 16.3. The van der Waals surface area contributed by atoms with E-state index in [-0.39, 0.29) is 22.5 Å². The second kappa shape index (κ2) is 5.48. The van der Waals surface area contributed by atoms with Crippen LogP contribution < -0.4 is 11.1 Å². The second-order valence-electron chi connectivity index (χ2n) is 5.27. The minimum atomic E-state index is -0.463. The van der Waals surface area contributed by atoms with E-state index in [0.29, 0.717) is 13.1 Å². The van der Waals surface area contributed by atoms with E-state index in [2.05, 4.69) is 5.32 Å². The number of rotatable bonds is 4. The van der Waals surface area contributed by atoms with E-state index in [0.717, 1.165) is 25.7 Å². The second-order valence-corrected chi connectivity index (χ2v) is 5.27. The van der Waals surface area contributed by atoms with E-state index in [9.17, 15) is 15.0 Å². The summed E-state index contributed by atoms with van der Waals surface area (Å²) in [6, 6.07) is 4.24. The predicted octanol–water partition coefficient (Wildman–Crippen LogP) is 1.35. The van der Waals surface area contributed by atoms with Crippen molar-refractivity contribution < 1.29 is 15.0 Å². The molecule has 1 aromatic carbocycles. The minimum absolute atomic E-state index is 0.0321. The maximum absolute atomic E-state index is 12.0. The van der Waals surface area contributed by atoms with Gasteiger partial charge in [-0.3, -0.25) is 4.79 Å². The van der Waals surface area contributed by atoms with Crippen LogP contribution in [0.2, 0.25) is 0 Å². The summed E-state index contributed by atoms with van der Waals surface area (Å²) in [4.78, 5) is 12.0. The normalized spacial score (nSPS) is 17.3. The molecule has 0 unspecified atom stereocenters. The third-order valence-corrected chi connectivity index (χ3v) is 3.97. The summed E-state index contributed by atoms with van der Waals surface area (Å²) in [7, 11) is 0. The Hall–Kier alpha value is -1.75. The molecule has 0 saturated heterocycles. The first-order chi connectivity index (χ1) is 9.08. The molecule has 2 rings (SSSR count). The average Bonchev–Trinajstić information content (AvgIpc) is 2.86. The van der Waals surface area contributed by atoms with Crippen molar-refractivity contribution in [1.29, 1.82) is 0 Å². The molecule has 0 bridgehead atoms. The number of benzene rings is 1. The summed E-state index contributed by atoms with van der Waals surface area (Å²) >= 11 is 0. The number of amides is 1. The number of phenolic OH excluding ortho intramolecular Hbond substituents is 2. The first-order valence-electron chi connectivity index (χ1n) is 6.57. The van der Waals surface area contributed by atoms with E-state index in [4.69, 9.17) is 5.73 Å². The summed E-state index contributed by atoms with van der Waals surface area (Å²) in [6.07, 6.45) is 4.29. The fourth-order valence-electron chi connectivity index (χ4n) is 2.70. The fraction of sp³-hybridized carbons (Fsp3) is 0.500. The average molecular weight is 264 g/mol. The van der Waals surface area contributed by atoms with Crippen molar-refractivity contribution in [2.75, 3.05) is 13.1 Å². The maximum Gasteiger partial charge on any atom is 0.258 e. The van der Waals surface area contributed by atoms with Crippen LogP contribution >= 0.6 is 0 Å². The van der Waals surface area contributed by atoms with Gasteiger partial charge in [-0.1, -0.05) is 18.9 Å². The molecule has 0 radical (unpaired) electrons. The number of hydrogen-bond acceptors (Lipinski definition) is 4.